The fourth-order valence-electron chi connectivity index (χ4n) is 1.59. The first-order chi connectivity index (χ1) is 7.65. The Morgan fingerprint density at radius 2 is 2.38 bits per heavy atom. The lowest BCUT2D eigenvalue weighted by Crippen LogP contribution is -2.45. The SMILES string of the molecule is CSCCC(N)C(=O)N1CCNC(=O)CC1. The lowest BCUT2D eigenvalue weighted by Gasteiger charge is -2.23. The molecule has 0 aromatic carbocycles. The third kappa shape index (κ3) is 4.02. The summed E-state index contributed by atoms with van der Waals surface area (Å²) in [5.74, 6) is 0.858. The first-order valence-electron chi connectivity index (χ1n) is 5.45. The lowest BCUT2D eigenvalue weighted by molar-refractivity contribution is -0.132. The minimum absolute atomic E-state index is 0.00739. The van der Waals surface area contributed by atoms with Crippen LogP contribution in [0.2, 0.25) is 0 Å². The van der Waals surface area contributed by atoms with Crippen LogP contribution in [0.1, 0.15) is 12.8 Å². The van der Waals surface area contributed by atoms with Gasteiger partial charge in [0.1, 0.15) is 0 Å². The molecule has 3 N–H and O–H groups in total. The lowest BCUT2D eigenvalue weighted by atomic mass is 10.2. The quantitative estimate of drug-likeness (QED) is 0.694. The Balaban J connectivity index is 2.42. The molecule has 0 aromatic rings. The maximum atomic E-state index is 11.9. The number of nitrogens with zero attached hydrogens (tertiary/aromatic N) is 1. The normalized spacial score (nSPS) is 18.9. The van der Waals surface area contributed by atoms with E-state index in [4.69, 9.17) is 5.73 Å². The molecule has 1 aliphatic heterocycles. The molecular weight excluding hydrogens is 226 g/mol. The highest BCUT2D eigenvalue weighted by atomic mass is 32.2. The van der Waals surface area contributed by atoms with Gasteiger partial charge in [0.25, 0.3) is 0 Å². The van der Waals surface area contributed by atoms with Crippen molar-refractivity contribution in [1.29, 1.82) is 0 Å². The number of carbonyl (C=O) groups excluding carboxylic acids is 2. The highest BCUT2D eigenvalue weighted by Crippen LogP contribution is 2.04. The van der Waals surface area contributed by atoms with Crippen molar-refractivity contribution in [3.05, 3.63) is 0 Å². The van der Waals surface area contributed by atoms with Crippen LogP contribution in [0.25, 0.3) is 0 Å². The smallest absolute Gasteiger partial charge is 0.239 e. The van der Waals surface area contributed by atoms with Gasteiger partial charge < -0.3 is 16.0 Å². The Bertz CT molecular complexity index is 260. The van der Waals surface area contributed by atoms with E-state index in [-0.39, 0.29) is 11.8 Å². The van der Waals surface area contributed by atoms with E-state index in [9.17, 15) is 9.59 Å². The molecule has 0 aliphatic carbocycles. The van der Waals surface area contributed by atoms with Gasteiger partial charge in [-0.25, -0.2) is 0 Å². The molecule has 2 amide bonds. The van der Waals surface area contributed by atoms with Gasteiger partial charge in [0.15, 0.2) is 0 Å². The predicted molar refractivity (Wildman–Crippen MR) is 65.2 cm³/mol. The molecule has 0 aromatic heterocycles. The van der Waals surface area contributed by atoms with Crippen molar-refractivity contribution in [2.75, 3.05) is 31.6 Å². The van der Waals surface area contributed by atoms with Gasteiger partial charge in [-0.1, -0.05) is 0 Å². The zero-order valence-electron chi connectivity index (χ0n) is 9.57. The monoisotopic (exact) mass is 245 g/mol. The van der Waals surface area contributed by atoms with E-state index in [1.807, 2.05) is 6.26 Å². The Morgan fingerprint density at radius 1 is 1.62 bits per heavy atom. The van der Waals surface area contributed by atoms with Gasteiger partial charge in [0.2, 0.25) is 11.8 Å². The van der Waals surface area contributed by atoms with Crippen LogP contribution in [-0.2, 0) is 9.59 Å². The summed E-state index contributed by atoms with van der Waals surface area (Å²) in [7, 11) is 0. The molecule has 1 saturated heterocycles. The average Bonchev–Trinajstić information content (AvgIpc) is 2.50. The van der Waals surface area contributed by atoms with E-state index < -0.39 is 6.04 Å². The van der Waals surface area contributed by atoms with Gasteiger partial charge in [0.05, 0.1) is 6.04 Å². The van der Waals surface area contributed by atoms with E-state index in [0.717, 1.165) is 5.75 Å². The zero-order valence-corrected chi connectivity index (χ0v) is 10.4. The summed E-state index contributed by atoms with van der Waals surface area (Å²) in [4.78, 5) is 24.7. The molecule has 6 heteroatoms. The third-order valence-corrected chi connectivity index (χ3v) is 3.22. The maximum absolute atomic E-state index is 11.9. The molecule has 92 valence electrons. The maximum Gasteiger partial charge on any atom is 0.239 e. The van der Waals surface area contributed by atoms with Crippen LogP contribution in [0.15, 0.2) is 0 Å². The molecule has 1 aliphatic rings. The van der Waals surface area contributed by atoms with Gasteiger partial charge in [0, 0.05) is 26.1 Å². The number of nitrogens with one attached hydrogen (secondary N) is 1. The molecule has 0 radical (unpaired) electrons. The Hall–Kier alpha value is -0.750. The van der Waals surface area contributed by atoms with Crippen LogP contribution in [0.3, 0.4) is 0 Å². The van der Waals surface area contributed by atoms with Crippen molar-refractivity contribution in [3.8, 4) is 0 Å². The van der Waals surface area contributed by atoms with Crippen molar-refractivity contribution >= 4 is 23.6 Å². The highest BCUT2D eigenvalue weighted by Gasteiger charge is 2.22. The highest BCUT2D eigenvalue weighted by molar-refractivity contribution is 7.98. The van der Waals surface area contributed by atoms with Gasteiger partial charge in [-0.2, -0.15) is 11.8 Å². The van der Waals surface area contributed by atoms with E-state index in [2.05, 4.69) is 5.32 Å². The molecule has 16 heavy (non-hydrogen) atoms. The van der Waals surface area contributed by atoms with Gasteiger partial charge in [-0.05, 0) is 18.4 Å². The minimum Gasteiger partial charge on any atom is -0.354 e. The molecule has 1 unspecified atom stereocenters. The van der Waals surface area contributed by atoms with Crippen molar-refractivity contribution < 1.29 is 9.59 Å². The Kier molecular flexibility index (Phi) is 5.62. The largest absolute Gasteiger partial charge is 0.354 e. The predicted octanol–water partition coefficient (Wildman–Crippen LogP) is -0.585. The van der Waals surface area contributed by atoms with Crippen LogP contribution in [0, 0.1) is 0 Å². The molecule has 0 bridgehead atoms. The molecular formula is C10H19N3O2S. The summed E-state index contributed by atoms with van der Waals surface area (Å²) in [6.07, 6.45) is 3.06. The minimum atomic E-state index is -0.430. The second-order valence-corrected chi connectivity index (χ2v) is 4.80. The average molecular weight is 245 g/mol. The van der Waals surface area contributed by atoms with Crippen LogP contribution in [-0.4, -0.2) is 54.4 Å². The third-order valence-electron chi connectivity index (χ3n) is 2.57. The molecule has 1 heterocycles. The van der Waals surface area contributed by atoms with Crippen LogP contribution >= 0.6 is 11.8 Å². The van der Waals surface area contributed by atoms with Crippen molar-refractivity contribution in [2.45, 2.75) is 18.9 Å². The number of rotatable bonds is 4. The number of thioether (sulfide) groups is 1. The van der Waals surface area contributed by atoms with Crippen LogP contribution in [0.5, 0.6) is 0 Å². The number of hydrogen-bond donors (Lipinski definition) is 2. The van der Waals surface area contributed by atoms with Crippen molar-refractivity contribution in [2.24, 2.45) is 5.73 Å². The molecule has 1 atom stereocenters. The molecule has 5 nitrogen and oxygen atoms in total. The fourth-order valence-corrected chi connectivity index (χ4v) is 2.08. The van der Waals surface area contributed by atoms with Crippen molar-refractivity contribution in [3.63, 3.8) is 0 Å². The molecule has 0 saturated carbocycles. The summed E-state index contributed by atoms with van der Waals surface area (Å²) in [5.41, 5.74) is 5.81. The summed E-state index contributed by atoms with van der Waals surface area (Å²) in [6, 6.07) is -0.430. The summed E-state index contributed by atoms with van der Waals surface area (Å²) in [5, 5.41) is 2.73. The first-order valence-corrected chi connectivity index (χ1v) is 6.84. The number of carbonyl (C=O) groups is 2. The topological polar surface area (TPSA) is 75.4 Å². The fraction of sp³-hybridized carbons (Fsp3) is 0.800. The first kappa shape index (κ1) is 13.3. The van der Waals surface area contributed by atoms with E-state index in [1.165, 1.54) is 0 Å². The van der Waals surface area contributed by atoms with Gasteiger partial charge >= 0.3 is 0 Å². The Labute approximate surface area is 100 Å². The van der Waals surface area contributed by atoms with E-state index in [1.54, 1.807) is 16.7 Å². The van der Waals surface area contributed by atoms with E-state index >= 15 is 0 Å². The van der Waals surface area contributed by atoms with Crippen molar-refractivity contribution in [1.82, 2.24) is 10.2 Å². The summed E-state index contributed by atoms with van der Waals surface area (Å²) < 4.78 is 0. The van der Waals surface area contributed by atoms with E-state index in [0.29, 0.717) is 32.5 Å². The molecule has 1 rings (SSSR count). The Morgan fingerprint density at radius 3 is 3.06 bits per heavy atom. The van der Waals surface area contributed by atoms with Crippen LogP contribution < -0.4 is 11.1 Å². The second kappa shape index (κ2) is 6.75. The summed E-state index contributed by atoms with van der Waals surface area (Å²) >= 11 is 1.68. The zero-order chi connectivity index (χ0) is 12.0. The number of hydrogen-bond acceptors (Lipinski definition) is 4. The second-order valence-electron chi connectivity index (χ2n) is 3.81. The number of amides is 2. The van der Waals surface area contributed by atoms with Gasteiger partial charge in [-0.3, -0.25) is 9.59 Å². The molecule has 1 fully saturated rings. The van der Waals surface area contributed by atoms with Gasteiger partial charge in [-0.15, -0.1) is 0 Å². The van der Waals surface area contributed by atoms with Crippen LogP contribution in [0.4, 0.5) is 0 Å². The number of nitrogens with two attached hydrogens (primary N) is 1. The molecule has 0 spiro atoms. The summed E-state index contributed by atoms with van der Waals surface area (Å²) in [6.45, 7) is 1.58. The standard InChI is InChI=1S/C10H19N3O2S/c1-16-7-3-8(11)10(15)13-5-2-9(14)12-4-6-13/h8H,2-7,11H2,1H3,(H,12,14).